The molecule has 0 bridgehead atoms. The van der Waals surface area contributed by atoms with Crippen molar-refractivity contribution in [2.75, 3.05) is 13.1 Å². The third-order valence-electron chi connectivity index (χ3n) is 3.94. The van der Waals surface area contributed by atoms with Gasteiger partial charge in [0.25, 0.3) is 0 Å². The molecule has 1 fully saturated rings. The van der Waals surface area contributed by atoms with Gasteiger partial charge in [-0.2, -0.15) is 0 Å². The van der Waals surface area contributed by atoms with E-state index in [9.17, 15) is 0 Å². The molecular weight excluding hydrogens is 254 g/mol. The molecule has 0 amide bonds. The van der Waals surface area contributed by atoms with Crippen LogP contribution in [0.3, 0.4) is 0 Å². The summed E-state index contributed by atoms with van der Waals surface area (Å²) < 4.78 is 2.41. The van der Waals surface area contributed by atoms with Gasteiger partial charge in [0.05, 0.1) is 12.4 Å². The minimum atomic E-state index is 0.461. The first-order valence-corrected chi connectivity index (χ1v) is 8.04. The molecule has 0 saturated carbocycles. The molecule has 3 heterocycles. The fourth-order valence-electron chi connectivity index (χ4n) is 2.97. The summed E-state index contributed by atoms with van der Waals surface area (Å²) in [5.74, 6) is 0.627. The van der Waals surface area contributed by atoms with Crippen molar-refractivity contribution in [2.24, 2.45) is 0 Å². The number of aromatic nitrogens is 2. The second-order valence-electron chi connectivity index (χ2n) is 5.24. The van der Waals surface area contributed by atoms with Crippen LogP contribution in [-0.2, 0) is 0 Å². The highest BCUT2D eigenvalue weighted by Crippen LogP contribution is 2.32. The predicted octanol–water partition coefficient (Wildman–Crippen LogP) is 3.41. The molecule has 2 aromatic rings. The standard InChI is InChI=1S/C15H21N3S/c1-2-4-13(15-5-3-8-19-15)18-11-17-10-14(18)12-6-7-16-9-12/h3,5,8,10-13,16H,2,4,6-7,9H2,1H3. The van der Waals surface area contributed by atoms with Crippen molar-refractivity contribution >= 4 is 11.3 Å². The maximum atomic E-state index is 4.42. The highest BCUT2D eigenvalue weighted by molar-refractivity contribution is 7.10. The van der Waals surface area contributed by atoms with E-state index in [1.54, 1.807) is 0 Å². The van der Waals surface area contributed by atoms with Crippen LogP contribution >= 0.6 is 11.3 Å². The lowest BCUT2D eigenvalue weighted by atomic mass is 10.0. The molecule has 1 aliphatic rings. The zero-order chi connectivity index (χ0) is 13.1. The van der Waals surface area contributed by atoms with E-state index in [0.717, 1.165) is 13.1 Å². The topological polar surface area (TPSA) is 29.9 Å². The van der Waals surface area contributed by atoms with E-state index in [1.165, 1.54) is 29.8 Å². The van der Waals surface area contributed by atoms with Gasteiger partial charge in [0.15, 0.2) is 0 Å². The zero-order valence-corrected chi connectivity index (χ0v) is 12.2. The molecular formula is C15H21N3S. The predicted molar refractivity (Wildman–Crippen MR) is 79.8 cm³/mol. The Morgan fingerprint density at radius 3 is 3.21 bits per heavy atom. The van der Waals surface area contributed by atoms with Gasteiger partial charge in [0.1, 0.15) is 0 Å². The van der Waals surface area contributed by atoms with E-state index < -0.39 is 0 Å². The van der Waals surface area contributed by atoms with Crippen LogP contribution in [0.5, 0.6) is 0 Å². The number of rotatable bonds is 5. The summed E-state index contributed by atoms with van der Waals surface area (Å²) in [6.45, 7) is 4.48. The van der Waals surface area contributed by atoms with E-state index in [4.69, 9.17) is 0 Å². The van der Waals surface area contributed by atoms with Crippen LogP contribution in [0.4, 0.5) is 0 Å². The maximum absolute atomic E-state index is 4.42. The Kier molecular flexibility index (Phi) is 3.99. The Morgan fingerprint density at radius 1 is 1.58 bits per heavy atom. The van der Waals surface area contributed by atoms with E-state index in [0.29, 0.717) is 12.0 Å². The summed E-state index contributed by atoms with van der Waals surface area (Å²) in [6, 6.07) is 4.86. The summed E-state index contributed by atoms with van der Waals surface area (Å²) in [6.07, 6.45) is 7.70. The van der Waals surface area contributed by atoms with Crippen molar-refractivity contribution in [1.82, 2.24) is 14.9 Å². The minimum Gasteiger partial charge on any atom is -0.326 e. The number of nitrogens with one attached hydrogen (secondary N) is 1. The fourth-order valence-corrected chi connectivity index (χ4v) is 3.83. The fraction of sp³-hybridized carbons (Fsp3) is 0.533. The van der Waals surface area contributed by atoms with E-state index in [2.05, 4.69) is 45.5 Å². The van der Waals surface area contributed by atoms with Crippen LogP contribution in [0.1, 0.15) is 48.7 Å². The first kappa shape index (κ1) is 12.9. The molecule has 0 aliphatic carbocycles. The molecule has 102 valence electrons. The van der Waals surface area contributed by atoms with Gasteiger partial charge < -0.3 is 9.88 Å². The molecule has 0 aromatic carbocycles. The molecule has 1 N–H and O–H groups in total. The quantitative estimate of drug-likeness (QED) is 0.906. The highest BCUT2D eigenvalue weighted by atomic mass is 32.1. The highest BCUT2D eigenvalue weighted by Gasteiger charge is 2.24. The molecule has 1 aliphatic heterocycles. The van der Waals surface area contributed by atoms with Crippen molar-refractivity contribution in [1.29, 1.82) is 0 Å². The van der Waals surface area contributed by atoms with Gasteiger partial charge in [-0.05, 0) is 30.8 Å². The molecule has 19 heavy (non-hydrogen) atoms. The van der Waals surface area contributed by atoms with Crippen LogP contribution in [0.25, 0.3) is 0 Å². The Bertz CT molecular complexity index is 497. The largest absolute Gasteiger partial charge is 0.326 e. The van der Waals surface area contributed by atoms with Crippen molar-refractivity contribution in [3.8, 4) is 0 Å². The molecule has 2 atom stereocenters. The van der Waals surface area contributed by atoms with Gasteiger partial charge in [-0.3, -0.25) is 0 Å². The Hall–Kier alpha value is -1.13. The monoisotopic (exact) mass is 275 g/mol. The lowest BCUT2D eigenvalue weighted by molar-refractivity contribution is 0.507. The summed E-state index contributed by atoms with van der Waals surface area (Å²) in [5, 5.41) is 5.63. The maximum Gasteiger partial charge on any atom is 0.0954 e. The number of hydrogen-bond donors (Lipinski definition) is 1. The lowest BCUT2D eigenvalue weighted by Crippen LogP contribution is -2.15. The van der Waals surface area contributed by atoms with Gasteiger partial charge >= 0.3 is 0 Å². The first-order chi connectivity index (χ1) is 9.40. The summed E-state index contributed by atoms with van der Waals surface area (Å²) in [7, 11) is 0. The third-order valence-corrected chi connectivity index (χ3v) is 4.92. The van der Waals surface area contributed by atoms with E-state index in [-0.39, 0.29) is 0 Å². The van der Waals surface area contributed by atoms with Gasteiger partial charge in [-0.1, -0.05) is 19.4 Å². The van der Waals surface area contributed by atoms with Crippen molar-refractivity contribution in [2.45, 2.75) is 38.1 Å². The average molecular weight is 275 g/mol. The number of nitrogens with zero attached hydrogens (tertiary/aromatic N) is 2. The summed E-state index contributed by atoms with van der Waals surface area (Å²) in [5.41, 5.74) is 1.40. The molecule has 3 rings (SSSR count). The molecule has 2 aromatic heterocycles. The van der Waals surface area contributed by atoms with Gasteiger partial charge in [0.2, 0.25) is 0 Å². The Labute approximate surface area is 118 Å². The van der Waals surface area contributed by atoms with Crippen LogP contribution in [0.2, 0.25) is 0 Å². The number of thiophene rings is 1. The Morgan fingerprint density at radius 2 is 2.53 bits per heavy atom. The molecule has 1 saturated heterocycles. The second-order valence-corrected chi connectivity index (χ2v) is 6.21. The normalized spacial score (nSPS) is 20.8. The van der Waals surface area contributed by atoms with Crippen LogP contribution in [0, 0.1) is 0 Å². The SMILES string of the molecule is CCCC(c1cccs1)n1cncc1C1CCNC1. The lowest BCUT2D eigenvalue weighted by Gasteiger charge is -2.21. The number of imidazole rings is 1. The van der Waals surface area contributed by atoms with Crippen molar-refractivity contribution < 1.29 is 0 Å². The minimum absolute atomic E-state index is 0.461. The molecule has 3 nitrogen and oxygen atoms in total. The van der Waals surface area contributed by atoms with Crippen LogP contribution in [0.15, 0.2) is 30.0 Å². The zero-order valence-electron chi connectivity index (χ0n) is 11.4. The average Bonchev–Trinajstić information content (AvgIpc) is 3.14. The summed E-state index contributed by atoms with van der Waals surface area (Å²) in [4.78, 5) is 5.87. The van der Waals surface area contributed by atoms with Crippen molar-refractivity contribution in [3.05, 3.63) is 40.6 Å². The third kappa shape index (κ3) is 2.60. The second kappa shape index (κ2) is 5.88. The van der Waals surface area contributed by atoms with Crippen LogP contribution in [-0.4, -0.2) is 22.6 Å². The Balaban J connectivity index is 1.92. The smallest absolute Gasteiger partial charge is 0.0954 e. The first-order valence-electron chi connectivity index (χ1n) is 7.16. The van der Waals surface area contributed by atoms with E-state index >= 15 is 0 Å². The van der Waals surface area contributed by atoms with E-state index in [1.807, 2.05) is 17.7 Å². The number of hydrogen-bond acceptors (Lipinski definition) is 3. The summed E-state index contributed by atoms with van der Waals surface area (Å²) >= 11 is 1.86. The molecule has 0 spiro atoms. The molecule has 0 radical (unpaired) electrons. The van der Waals surface area contributed by atoms with Gasteiger partial charge in [-0.25, -0.2) is 4.98 Å². The van der Waals surface area contributed by atoms with Crippen molar-refractivity contribution in [3.63, 3.8) is 0 Å². The van der Waals surface area contributed by atoms with Crippen LogP contribution < -0.4 is 5.32 Å². The molecule has 4 heteroatoms. The molecule has 2 unspecified atom stereocenters. The van der Waals surface area contributed by atoms with Gasteiger partial charge in [-0.15, -0.1) is 11.3 Å². The van der Waals surface area contributed by atoms with Gasteiger partial charge in [0, 0.05) is 29.2 Å².